The Morgan fingerprint density at radius 2 is 2.00 bits per heavy atom. The summed E-state index contributed by atoms with van der Waals surface area (Å²) in [5.74, 6) is 0.0700. The zero-order valence-corrected chi connectivity index (χ0v) is 9.62. The number of nitrogens with two attached hydrogens (primary N) is 1. The normalized spacial score (nSPS) is 13.4. The van der Waals surface area contributed by atoms with Gasteiger partial charge in [-0.2, -0.15) is 0 Å². The molecule has 0 rings (SSSR count). The number of hydrogen-bond donors (Lipinski definition) is 1. The van der Waals surface area contributed by atoms with Crippen molar-refractivity contribution < 1.29 is 9.53 Å². The minimum absolute atomic E-state index is 0.291. The third kappa shape index (κ3) is 6.86. The van der Waals surface area contributed by atoms with Crippen LogP contribution >= 0.6 is 0 Å². The Morgan fingerprint density at radius 1 is 1.43 bits per heavy atom. The van der Waals surface area contributed by atoms with E-state index in [2.05, 4.69) is 0 Å². The summed E-state index contributed by atoms with van der Waals surface area (Å²) in [6, 6.07) is -0.490. The molecule has 14 heavy (non-hydrogen) atoms. The second-order valence-corrected chi connectivity index (χ2v) is 4.22. The van der Waals surface area contributed by atoms with Crippen molar-refractivity contribution >= 4 is 5.97 Å². The molecule has 0 aliphatic rings. The maximum Gasteiger partial charge on any atom is 0.322 e. The van der Waals surface area contributed by atoms with Crippen LogP contribution < -0.4 is 5.73 Å². The molecule has 84 valence electrons. The number of nitrogens with zero attached hydrogens (tertiary/aromatic N) is 1. The van der Waals surface area contributed by atoms with Gasteiger partial charge in [0, 0.05) is 0 Å². The smallest absolute Gasteiger partial charge is 0.322 e. The minimum atomic E-state index is -0.490. The third-order valence-electron chi connectivity index (χ3n) is 1.75. The molecule has 0 aromatic rings. The SMILES string of the molecule is CC(C)COC(=O)C(N)CCN(C)C. The molecular formula is C10H22N2O2. The van der Waals surface area contributed by atoms with Gasteiger partial charge in [-0.15, -0.1) is 0 Å². The predicted octanol–water partition coefficient (Wildman–Crippen LogP) is 0.465. The summed E-state index contributed by atoms with van der Waals surface area (Å²) in [5, 5.41) is 0. The predicted molar refractivity (Wildman–Crippen MR) is 56.9 cm³/mol. The molecule has 0 saturated carbocycles. The molecule has 0 saturated heterocycles. The van der Waals surface area contributed by atoms with Gasteiger partial charge in [-0.05, 0) is 33.0 Å². The van der Waals surface area contributed by atoms with Gasteiger partial charge >= 0.3 is 5.97 Å². The first-order valence-electron chi connectivity index (χ1n) is 5.00. The van der Waals surface area contributed by atoms with E-state index in [1.807, 2.05) is 32.8 Å². The summed E-state index contributed by atoms with van der Waals surface area (Å²) in [6.07, 6.45) is 0.643. The van der Waals surface area contributed by atoms with Crippen LogP contribution in [0.1, 0.15) is 20.3 Å². The summed E-state index contributed by atoms with van der Waals surface area (Å²) in [7, 11) is 3.90. The lowest BCUT2D eigenvalue weighted by molar-refractivity contribution is -0.146. The van der Waals surface area contributed by atoms with Gasteiger partial charge < -0.3 is 15.4 Å². The molecule has 0 aromatic heterocycles. The van der Waals surface area contributed by atoms with Gasteiger partial charge in [-0.1, -0.05) is 13.8 Å². The van der Waals surface area contributed by atoms with E-state index in [9.17, 15) is 4.79 Å². The quantitative estimate of drug-likeness (QED) is 0.636. The Kier molecular flexibility index (Phi) is 6.49. The molecule has 4 heteroatoms. The van der Waals surface area contributed by atoms with Crippen molar-refractivity contribution in [2.75, 3.05) is 27.2 Å². The molecule has 0 amide bonds. The fraction of sp³-hybridized carbons (Fsp3) is 0.900. The molecule has 0 fully saturated rings. The Hall–Kier alpha value is -0.610. The van der Waals surface area contributed by atoms with Crippen molar-refractivity contribution in [2.45, 2.75) is 26.3 Å². The van der Waals surface area contributed by atoms with Crippen LogP contribution in [-0.2, 0) is 9.53 Å². The van der Waals surface area contributed by atoms with E-state index in [0.29, 0.717) is 18.9 Å². The van der Waals surface area contributed by atoms with E-state index in [4.69, 9.17) is 10.5 Å². The fourth-order valence-electron chi connectivity index (χ4n) is 0.871. The van der Waals surface area contributed by atoms with Gasteiger partial charge in [-0.3, -0.25) is 4.79 Å². The fourth-order valence-corrected chi connectivity index (χ4v) is 0.871. The lowest BCUT2D eigenvalue weighted by atomic mass is 10.2. The highest BCUT2D eigenvalue weighted by Gasteiger charge is 2.15. The van der Waals surface area contributed by atoms with Crippen LogP contribution in [0.4, 0.5) is 0 Å². The van der Waals surface area contributed by atoms with Gasteiger partial charge in [0.05, 0.1) is 6.61 Å². The number of carbonyl (C=O) groups excluding carboxylic acids is 1. The van der Waals surface area contributed by atoms with E-state index in [0.717, 1.165) is 6.54 Å². The van der Waals surface area contributed by atoms with Crippen LogP contribution in [0.15, 0.2) is 0 Å². The van der Waals surface area contributed by atoms with Crippen LogP contribution in [0, 0.1) is 5.92 Å². The first kappa shape index (κ1) is 13.4. The number of ether oxygens (including phenoxy) is 1. The molecule has 0 aliphatic carbocycles. The topological polar surface area (TPSA) is 55.6 Å². The van der Waals surface area contributed by atoms with Crippen LogP contribution in [-0.4, -0.2) is 44.2 Å². The number of hydrogen-bond acceptors (Lipinski definition) is 4. The summed E-state index contributed by atoms with van der Waals surface area (Å²) in [6.45, 7) is 5.25. The molecule has 0 aromatic carbocycles. The van der Waals surface area contributed by atoms with E-state index in [1.165, 1.54) is 0 Å². The standard InChI is InChI=1S/C10H22N2O2/c1-8(2)7-14-10(13)9(11)5-6-12(3)4/h8-9H,5-7,11H2,1-4H3. The zero-order valence-electron chi connectivity index (χ0n) is 9.62. The van der Waals surface area contributed by atoms with Gasteiger partial charge in [0.25, 0.3) is 0 Å². The van der Waals surface area contributed by atoms with Crippen LogP contribution in [0.5, 0.6) is 0 Å². The maximum atomic E-state index is 11.3. The van der Waals surface area contributed by atoms with Crippen molar-refractivity contribution in [3.63, 3.8) is 0 Å². The van der Waals surface area contributed by atoms with Crippen LogP contribution in [0.2, 0.25) is 0 Å². The second kappa shape index (κ2) is 6.79. The van der Waals surface area contributed by atoms with E-state index in [1.54, 1.807) is 0 Å². The largest absolute Gasteiger partial charge is 0.464 e. The number of carbonyl (C=O) groups is 1. The van der Waals surface area contributed by atoms with E-state index < -0.39 is 6.04 Å². The summed E-state index contributed by atoms with van der Waals surface area (Å²) in [4.78, 5) is 13.3. The molecule has 0 radical (unpaired) electrons. The van der Waals surface area contributed by atoms with Crippen molar-refractivity contribution in [3.05, 3.63) is 0 Å². The zero-order chi connectivity index (χ0) is 11.1. The molecule has 1 unspecified atom stereocenters. The van der Waals surface area contributed by atoms with E-state index in [-0.39, 0.29) is 5.97 Å². The minimum Gasteiger partial charge on any atom is -0.464 e. The lowest BCUT2D eigenvalue weighted by Gasteiger charge is -2.15. The highest BCUT2D eigenvalue weighted by Crippen LogP contribution is 1.97. The lowest BCUT2D eigenvalue weighted by Crippen LogP contribution is -2.35. The summed E-state index contributed by atoms with van der Waals surface area (Å²) >= 11 is 0. The average Bonchev–Trinajstić information content (AvgIpc) is 2.09. The van der Waals surface area contributed by atoms with Crippen molar-refractivity contribution in [2.24, 2.45) is 11.7 Å². The molecule has 2 N–H and O–H groups in total. The van der Waals surface area contributed by atoms with E-state index >= 15 is 0 Å². The molecule has 0 heterocycles. The Labute approximate surface area is 86.4 Å². The average molecular weight is 202 g/mol. The van der Waals surface area contributed by atoms with Crippen LogP contribution in [0.3, 0.4) is 0 Å². The second-order valence-electron chi connectivity index (χ2n) is 4.22. The molecule has 4 nitrogen and oxygen atoms in total. The Balaban J connectivity index is 3.65. The van der Waals surface area contributed by atoms with Crippen molar-refractivity contribution in [3.8, 4) is 0 Å². The maximum absolute atomic E-state index is 11.3. The molecule has 0 aliphatic heterocycles. The van der Waals surface area contributed by atoms with Gasteiger partial charge in [0.15, 0.2) is 0 Å². The highest BCUT2D eigenvalue weighted by atomic mass is 16.5. The summed E-state index contributed by atoms with van der Waals surface area (Å²) in [5.41, 5.74) is 5.65. The first-order chi connectivity index (χ1) is 6.43. The molecule has 1 atom stereocenters. The van der Waals surface area contributed by atoms with Gasteiger partial charge in [0.2, 0.25) is 0 Å². The Bertz CT molecular complexity index is 170. The molecule has 0 bridgehead atoms. The van der Waals surface area contributed by atoms with Gasteiger partial charge in [-0.25, -0.2) is 0 Å². The van der Waals surface area contributed by atoms with Crippen LogP contribution in [0.25, 0.3) is 0 Å². The monoisotopic (exact) mass is 202 g/mol. The molecular weight excluding hydrogens is 180 g/mol. The Morgan fingerprint density at radius 3 is 2.43 bits per heavy atom. The van der Waals surface area contributed by atoms with Gasteiger partial charge in [0.1, 0.15) is 6.04 Å². The first-order valence-corrected chi connectivity index (χ1v) is 5.00. The highest BCUT2D eigenvalue weighted by molar-refractivity contribution is 5.75. The van der Waals surface area contributed by atoms with Crippen molar-refractivity contribution in [1.29, 1.82) is 0 Å². The van der Waals surface area contributed by atoms with Crippen molar-refractivity contribution in [1.82, 2.24) is 4.90 Å². The number of rotatable bonds is 6. The summed E-state index contributed by atoms with van der Waals surface area (Å²) < 4.78 is 5.02. The third-order valence-corrected chi connectivity index (χ3v) is 1.75. The molecule has 0 spiro atoms. The number of esters is 1.